The van der Waals surface area contributed by atoms with Crippen molar-refractivity contribution in [2.45, 2.75) is 22.8 Å². The fraction of sp³-hybridized carbons (Fsp3) is 0.158. The van der Waals surface area contributed by atoms with Gasteiger partial charge < -0.3 is 10.6 Å². The van der Waals surface area contributed by atoms with Crippen LogP contribution in [0.3, 0.4) is 0 Å². The molecule has 27 heavy (non-hydrogen) atoms. The van der Waals surface area contributed by atoms with E-state index in [2.05, 4.69) is 20.7 Å². The summed E-state index contributed by atoms with van der Waals surface area (Å²) in [7, 11) is -2.09. The van der Waals surface area contributed by atoms with Crippen LogP contribution in [0.1, 0.15) is 18.5 Å². The van der Waals surface area contributed by atoms with Gasteiger partial charge in [-0.2, -0.15) is 0 Å². The average molecular weight is 381 g/mol. The van der Waals surface area contributed by atoms with E-state index in [4.69, 9.17) is 0 Å². The standard InChI is InChI=1S/C19H19N5O2S/c1-13-12-16(14-8-10-21-11-9-14)22-19-17(18(20-2)23-24(13)19)27(25,26)15-6-4-3-5-7-15/h3-12,16,22H,1-2H3,(H,20,23). The first-order valence-corrected chi connectivity index (χ1v) is 9.97. The topological polar surface area (TPSA) is 88.9 Å². The minimum absolute atomic E-state index is 0.141. The van der Waals surface area contributed by atoms with Crippen LogP contribution in [-0.4, -0.2) is 30.2 Å². The Morgan fingerprint density at radius 2 is 1.81 bits per heavy atom. The molecule has 2 aromatic heterocycles. The Labute approximate surface area is 157 Å². The molecule has 1 atom stereocenters. The smallest absolute Gasteiger partial charge is 0.213 e. The molecule has 138 valence electrons. The summed E-state index contributed by atoms with van der Waals surface area (Å²) in [5, 5.41) is 10.7. The van der Waals surface area contributed by atoms with Crippen LogP contribution < -0.4 is 10.6 Å². The first kappa shape index (κ1) is 17.3. The third-order valence-corrected chi connectivity index (χ3v) is 6.32. The van der Waals surface area contributed by atoms with E-state index in [9.17, 15) is 8.42 Å². The Balaban J connectivity index is 1.88. The van der Waals surface area contributed by atoms with Crippen molar-refractivity contribution in [3.63, 3.8) is 0 Å². The maximum Gasteiger partial charge on any atom is 0.213 e. The van der Waals surface area contributed by atoms with Crippen molar-refractivity contribution in [2.24, 2.45) is 0 Å². The molecule has 4 rings (SSSR count). The SMILES string of the molecule is CNc1nn2c(c1S(=O)(=O)c1ccccc1)NC(c1ccncc1)C=C2C. The molecular weight excluding hydrogens is 362 g/mol. The second-order valence-electron chi connectivity index (χ2n) is 6.22. The lowest BCUT2D eigenvalue weighted by Crippen LogP contribution is -2.19. The van der Waals surface area contributed by atoms with Crippen LogP contribution in [0.25, 0.3) is 5.70 Å². The summed E-state index contributed by atoms with van der Waals surface area (Å²) in [4.78, 5) is 4.42. The summed E-state index contributed by atoms with van der Waals surface area (Å²) in [6.07, 6.45) is 5.44. The van der Waals surface area contributed by atoms with Crippen molar-refractivity contribution in [2.75, 3.05) is 17.7 Å². The zero-order valence-electron chi connectivity index (χ0n) is 14.9. The van der Waals surface area contributed by atoms with Crippen molar-refractivity contribution in [1.82, 2.24) is 14.8 Å². The van der Waals surface area contributed by atoms with Gasteiger partial charge in [-0.1, -0.05) is 18.2 Å². The van der Waals surface area contributed by atoms with Crippen molar-refractivity contribution in [1.29, 1.82) is 0 Å². The number of benzene rings is 1. The van der Waals surface area contributed by atoms with E-state index in [0.29, 0.717) is 11.6 Å². The molecular formula is C19H19N5O2S. The molecule has 1 unspecified atom stereocenters. The molecule has 0 saturated carbocycles. The summed E-state index contributed by atoms with van der Waals surface area (Å²) in [6, 6.07) is 12.0. The summed E-state index contributed by atoms with van der Waals surface area (Å²) < 4.78 is 28.3. The van der Waals surface area contributed by atoms with E-state index in [1.807, 2.05) is 25.1 Å². The van der Waals surface area contributed by atoms with E-state index < -0.39 is 9.84 Å². The first-order chi connectivity index (χ1) is 13.0. The summed E-state index contributed by atoms with van der Waals surface area (Å²) >= 11 is 0. The molecule has 1 aliphatic heterocycles. The number of sulfone groups is 1. The van der Waals surface area contributed by atoms with Crippen molar-refractivity contribution < 1.29 is 8.42 Å². The second-order valence-corrected chi connectivity index (χ2v) is 8.10. The highest BCUT2D eigenvalue weighted by molar-refractivity contribution is 7.91. The monoisotopic (exact) mass is 381 g/mol. The molecule has 0 amide bonds. The Hall–Kier alpha value is -3.13. The quantitative estimate of drug-likeness (QED) is 0.722. The van der Waals surface area contributed by atoms with Crippen LogP contribution >= 0.6 is 0 Å². The van der Waals surface area contributed by atoms with Gasteiger partial charge in [-0.15, -0.1) is 5.10 Å². The van der Waals surface area contributed by atoms with Crippen molar-refractivity contribution in [3.05, 3.63) is 66.5 Å². The highest BCUT2D eigenvalue weighted by Crippen LogP contribution is 2.40. The Bertz CT molecular complexity index is 1110. The van der Waals surface area contributed by atoms with Gasteiger partial charge in [0, 0.05) is 25.1 Å². The van der Waals surface area contributed by atoms with Gasteiger partial charge in [0.05, 0.1) is 10.9 Å². The third-order valence-electron chi connectivity index (χ3n) is 4.50. The highest BCUT2D eigenvalue weighted by Gasteiger charge is 2.33. The van der Waals surface area contributed by atoms with E-state index in [1.54, 1.807) is 54.5 Å². The number of nitrogens with zero attached hydrogens (tertiary/aromatic N) is 3. The number of fused-ring (bicyclic) bond motifs is 1. The van der Waals surface area contributed by atoms with Crippen LogP contribution in [-0.2, 0) is 9.84 Å². The largest absolute Gasteiger partial charge is 0.370 e. The van der Waals surface area contributed by atoms with Crippen LogP contribution in [0.5, 0.6) is 0 Å². The van der Waals surface area contributed by atoms with Crippen LogP contribution in [0.2, 0.25) is 0 Å². The molecule has 0 bridgehead atoms. The minimum Gasteiger partial charge on any atom is -0.370 e. The van der Waals surface area contributed by atoms with Gasteiger partial charge in [-0.05, 0) is 42.8 Å². The van der Waals surface area contributed by atoms with Crippen LogP contribution in [0.15, 0.2) is 70.7 Å². The zero-order chi connectivity index (χ0) is 19.0. The lowest BCUT2D eigenvalue weighted by Gasteiger charge is -2.24. The van der Waals surface area contributed by atoms with Crippen molar-refractivity contribution >= 4 is 27.2 Å². The van der Waals surface area contributed by atoms with Gasteiger partial charge in [-0.25, -0.2) is 13.1 Å². The number of pyridine rings is 1. The molecule has 0 aliphatic carbocycles. The minimum atomic E-state index is -3.76. The van der Waals surface area contributed by atoms with E-state index in [1.165, 1.54) is 0 Å². The number of anilines is 2. The number of nitrogens with one attached hydrogen (secondary N) is 2. The molecule has 3 aromatic rings. The molecule has 3 heterocycles. The molecule has 8 heteroatoms. The normalized spacial score (nSPS) is 16.2. The van der Waals surface area contributed by atoms with E-state index in [-0.39, 0.29) is 15.8 Å². The van der Waals surface area contributed by atoms with Gasteiger partial charge in [0.1, 0.15) is 0 Å². The second kappa shape index (κ2) is 6.55. The van der Waals surface area contributed by atoms with Crippen LogP contribution in [0, 0.1) is 0 Å². The third kappa shape index (κ3) is 2.87. The predicted octanol–water partition coefficient (Wildman–Crippen LogP) is 3.18. The molecule has 0 radical (unpaired) electrons. The van der Waals surface area contributed by atoms with E-state index >= 15 is 0 Å². The van der Waals surface area contributed by atoms with Crippen molar-refractivity contribution in [3.8, 4) is 0 Å². The molecule has 1 aliphatic rings. The summed E-state index contributed by atoms with van der Waals surface area (Å²) in [5.41, 5.74) is 1.84. The zero-order valence-corrected chi connectivity index (χ0v) is 15.7. The number of allylic oxidation sites excluding steroid dienone is 1. The number of aromatic nitrogens is 3. The van der Waals surface area contributed by atoms with Gasteiger partial charge in [0.25, 0.3) is 0 Å². The molecule has 7 nitrogen and oxygen atoms in total. The summed E-state index contributed by atoms with van der Waals surface area (Å²) in [6.45, 7) is 1.91. The van der Waals surface area contributed by atoms with Gasteiger partial charge >= 0.3 is 0 Å². The summed E-state index contributed by atoms with van der Waals surface area (Å²) in [5.74, 6) is 0.759. The maximum atomic E-state index is 13.3. The number of hydrogen-bond donors (Lipinski definition) is 2. The van der Waals surface area contributed by atoms with Gasteiger partial charge in [0.2, 0.25) is 9.84 Å². The first-order valence-electron chi connectivity index (χ1n) is 8.48. The molecule has 1 aromatic carbocycles. The Kier molecular flexibility index (Phi) is 4.19. The van der Waals surface area contributed by atoms with E-state index in [0.717, 1.165) is 11.3 Å². The number of rotatable bonds is 4. The fourth-order valence-corrected chi connectivity index (χ4v) is 4.72. The lowest BCUT2D eigenvalue weighted by atomic mass is 10.1. The van der Waals surface area contributed by atoms with Gasteiger partial charge in [0.15, 0.2) is 16.5 Å². The molecule has 0 spiro atoms. The predicted molar refractivity (Wildman–Crippen MR) is 104 cm³/mol. The average Bonchev–Trinajstić information content (AvgIpc) is 3.09. The molecule has 2 N–H and O–H groups in total. The number of hydrogen-bond acceptors (Lipinski definition) is 6. The molecule has 0 saturated heterocycles. The fourth-order valence-electron chi connectivity index (χ4n) is 3.17. The van der Waals surface area contributed by atoms with Crippen LogP contribution in [0.4, 0.5) is 11.6 Å². The lowest BCUT2D eigenvalue weighted by molar-refractivity contribution is 0.596. The maximum absolute atomic E-state index is 13.3. The molecule has 0 fully saturated rings. The Morgan fingerprint density at radius 3 is 2.48 bits per heavy atom. The Morgan fingerprint density at radius 1 is 1.11 bits per heavy atom. The van der Waals surface area contributed by atoms with Gasteiger partial charge in [-0.3, -0.25) is 4.98 Å². The highest BCUT2D eigenvalue weighted by atomic mass is 32.2.